The van der Waals surface area contributed by atoms with Crippen LogP contribution in [-0.2, 0) is 0 Å². The Hall–Kier alpha value is -0.450. The Kier molecular flexibility index (Phi) is 4.06. The van der Waals surface area contributed by atoms with E-state index in [0.29, 0.717) is 5.92 Å². The summed E-state index contributed by atoms with van der Waals surface area (Å²) in [6, 6.07) is 0. The normalized spacial score (nSPS) is 48.4. The first-order valence-electron chi connectivity index (χ1n) is 9.69. The summed E-state index contributed by atoms with van der Waals surface area (Å²) in [6.07, 6.45) is 14.7. The average Bonchev–Trinajstić information content (AvgIpc) is 2.88. The molecule has 23 heavy (non-hydrogen) atoms. The Labute approximate surface area is 145 Å². The Balaban J connectivity index is 1.67. The van der Waals surface area contributed by atoms with Gasteiger partial charge in [-0.25, -0.2) is 0 Å². The molecule has 3 saturated carbocycles. The van der Waals surface area contributed by atoms with E-state index in [1.165, 1.54) is 38.5 Å². The maximum Gasteiger partial charge on any atom is 0.132 e. The van der Waals surface area contributed by atoms with Gasteiger partial charge in [0.15, 0.2) is 0 Å². The fraction of sp³-hybridized carbons (Fsp3) is 0.810. The van der Waals surface area contributed by atoms with E-state index in [4.69, 9.17) is 11.6 Å². The molecule has 0 aromatic heterocycles. The first kappa shape index (κ1) is 16.0. The van der Waals surface area contributed by atoms with Crippen LogP contribution >= 0.6 is 11.6 Å². The number of aliphatic hydroxyl groups is 1. The maximum atomic E-state index is 11.3. The van der Waals surface area contributed by atoms with Crippen molar-refractivity contribution in [3.8, 4) is 11.3 Å². The zero-order valence-corrected chi connectivity index (χ0v) is 15.0. The third-order valence-electron chi connectivity index (χ3n) is 8.11. The first-order valence-corrected chi connectivity index (χ1v) is 10.1. The minimum absolute atomic E-state index is 0.00799. The number of hydrogen-bond acceptors (Lipinski definition) is 1. The molecule has 0 aromatic rings. The van der Waals surface area contributed by atoms with Crippen LogP contribution in [0.3, 0.4) is 0 Å². The van der Waals surface area contributed by atoms with Gasteiger partial charge in [-0.05, 0) is 99.5 Å². The largest absolute Gasteiger partial charge is 0.377 e. The third kappa shape index (κ3) is 2.17. The quantitative estimate of drug-likeness (QED) is 0.512. The van der Waals surface area contributed by atoms with Gasteiger partial charge in [0, 0.05) is 10.8 Å². The van der Waals surface area contributed by atoms with Crippen LogP contribution in [0.15, 0.2) is 11.6 Å². The van der Waals surface area contributed by atoms with E-state index in [-0.39, 0.29) is 5.41 Å². The lowest BCUT2D eigenvalue weighted by molar-refractivity contribution is -0.0994. The molecule has 0 bridgehead atoms. The molecule has 0 spiro atoms. The minimum atomic E-state index is -0.845. The zero-order valence-electron chi connectivity index (χ0n) is 14.3. The molecule has 0 unspecified atom stereocenters. The van der Waals surface area contributed by atoms with Crippen LogP contribution in [-0.4, -0.2) is 10.7 Å². The lowest BCUT2D eigenvalue weighted by atomic mass is 9.49. The van der Waals surface area contributed by atoms with Crippen LogP contribution in [0.2, 0.25) is 0 Å². The van der Waals surface area contributed by atoms with Crippen LogP contribution in [0.5, 0.6) is 0 Å². The van der Waals surface area contributed by atoms with Crippen molar-refractivity contribution in [2.45, 2.75) is 76.7 Å². The van der Waals surface area contributed by atoms with Gasteiger partial charge < -0.3 is 5.11 Å². The first-order chi connectivity index (χ1) is 11.1. The number of halogens is 1. The van der Waals surface area contributed by atoms with E-state index in [1.807, 2.05) is 0 Å². The predicted molar refractivity (Wildman–Crippen MR) is 94.9 cm³/mol. The number of allylic oxidation sites excluding steroid dienone is 2. The second kappa shape index (κ2) is 5.82. The van der Waals surface area contributed by atoms with E-state index in [9.17, 15) is 5.11 Å². The SMILES string of the molecule is CC[C@]12CC[C@H]3[C@@H](CCC4=CCCC[C@@H]43)[C@@H]1CC[C@@]2(O)C#CCl. The summed E-state index contributed by atoms with van der Waals surface area (Å²) in [5.41, 5.74) is 0.920. The van der Waals surface area contributed by atoms with E-state index < -0.39 is 5.60 Å². The van der Waals surface area contributed by atoms with Crippen molar-refractivity contribution >= 4 is 11.6 Å². The van der Waals surface area contributed by atoms with Crippen LogP contribution in [0.4, 0.5) is 0 Å². The molecule has 4 rings (SSSR count). The number of rotatable bonds is 1. The van der Waals surface area contributed by atoms with Gasteiger partial charge in [0.05, 0.1) is 0 Å². The highest BCUT2D eigenvalue weighted by atomic mass is 35.5. The van der Waals surface area contributed by atoms with Crippen molar-refractivity contribution < 1.29 is 5.11 Å². The lowest BCUT2D eigenvalue weighted by Crippen LogP contribution is -2.53. The fourth-order valence-electron chi connectivity index (χ4n) is 7.13. The molecule has 0 radical (unpaired) electrons. The van der Waals surface area contributed by atoms with Gasteiger partial charge in [-0.2, -0.15) is 0 Å². The lowest BCUT2D eigenvalue weighted by Gasteiger charge is -2.56. The van der Waals surface area contributed by atoms with Gasteiger partial charge in [-0.1, -0.05) is 24.5 Å². The topological polar surface area (TPSA) is 20.2 Å². The summed E-state index contributed by atoms with van der Waals surface area (Å²) in [6.45, 7) is 2.26. The van der Waals surface area contributed by atoms with Gasteiger partial charge in [0.1, 0.15) is 5.60 Å². The second-order valence-corrected chi connectivity index (χ2v) is 8.65. The molecular formula is C21H29ClO. The van der Waals surface area contributed by atoms with E-state index in [1.54, 1.807) is 5.57 Å². The molecule has 4 aliphatic carbocycles. The molecule has 126 valence electrons. The Bertz CT molecular complexity index is 570. The molecule has 1 nitrogen and oxygen atoms in total. The molecule has 2 heteroatoms. The molecule has 4 aliphatic rings. The maximum absolute atomic E-state index is 11.3. The average molecular weight is 333 g/mol. The molecule has 0 aromatic carbocycles. The monoisotopic (exact) mass is 332 g/mol. The molecule has 3 fully saturated rings. The van der Waals surface area contributed by atoms with Crippen molar-refractivity contribution in [2.75, 3.05) is 0 Å². The second-order valence-electron chi connectivity index (χ2n) is 8.46. The van der Waals surface area contributed by atoms with Crippen LogP contribution in [0.25, 0.3) is 0 Å². The van der Waals surface area contributed by atoms with Crippen molar-refractivity contribution in [3.05, 3.63) is 11.6 Å². The van der Waals surface area contributed by atoms with E-state index in [2.05, 4.69) is 24.3 Å². The van der Waals surface area contributed by atoms with Crippen LogP contribution < -0.4 is 0 Å². The Morgan fingerprint density at radius 1 is 1.22 bits per heavy atom. The van der Waals surface area contributed by atoms with E-state index >= 15 is 0 Å². The van der Waals surface area contributed by atoms with Crippen molar-refractivity contribution in [3.63, 3.8) is 0 Å². The fourth-order valence-corrected chi connectivity index (χ4v) is 7.29. The van der Waals surface area contributed by atoms with Crippen molar-refractivity contribution in [1.82, 2.24) is 0 Å². The summed E-state index contributed by atoms with van der Waals surface area (Å²) in [5, 5.41) is 13.8. The van der Waals surface area contributed by atoms with Gasteiger partial charge >= 0.3 is 0 Å². The molecule has 1 N–H and O–H groups in total. The molecule has 0 aliphatic heterocycles. The van der Waals surface area contributed by atoms with Crippen molar-refractivity contribution in [2.24, 2.45) is 29.1 Å². The Morgan fingerprint density at radius 3 is 2.87 bits per heavy atom. The predicted octanol–water partition coefficient (Wildman–Crippen LogP) is 5.27. The molecule has 0 saturated heterocycles. The molecule has 0 heterocycles. The summed E-state index contributed by atoms with van der Waals surface area (Å²) in [4.78, 5) is 0. The van der Waals surface area contributed by atoms with E-state index in [0.717, 1.165) is 43.4 Å². The number of hydrogen-bond donors (Lipinski definition) is 1. The molecular weight excluding hydrogens is 304 g/mol. The summed E-state index contributed by atoms with van der Waals surface area (Å²) in [5.74, 6) is 6.19. The standard InChI is InChI=1S/C21H29ClO/c1-2-20-11-9-17-16-6-4-3-5-15(16)7-8-18(17)19(20)10-12-21(20,23)13-14-22/h5,16-19,23H,2-4,6-12H2,1H3/t16-,17+,18+,19-,20-,21+/m0/s1. The highest BCUT2D eigenvalue weighted by Gasteiger charge is 2.63. The zero-order chi connectivity index (χ0) is 16.1. The summed E-state index contributed by atoms with van der Waals surface area (Å²) in [7, 11) is 0. The number of fused-ring (bicyclic) bond motifs is 5. The van der Waals surface area contributed by atoms with Crippen LogP contribution in [0, 0.1) is 40.4 Å². The minimum Gasteiger partial charge on any atom is -0.377 e. The van der Waals surface area contributed by atoms with Gasteiger partial charge in [-0.15, -0.1) is 0 Å². The third-order valence-corrected chi connectivity index (χ3v) is 8.21. The van der Waals surface area contributed by atoms with Crippen LogP contribution in [0.1, 0.15) is 71.1 Å². The smallest absolute Gasteiger partial charge is 0.132 e. The molecule has 0 amide bonds. The van der Waals surface area contributed by atoms with Gasteiger partial charge in [0.2, 0.25) is 0 Å². The van der Waals surface area contributed by atoms with Crippen molar-refractivity contribution in [1.29, 1.82) is 0 Å². The summed E-state index contributed by atoms with van der Waals surface area (Å²) >= 11 is 5.72. The highest BCUT2D eigenvalue weighted by Crippen LogP contribution is 2.66. The van der Waals surface area contributed by atoms with Gasteiger partial charge in [-0.3, -0.25) is 0 Å². The summed E-state index contributed by atoms with van der Waals surface area (Å²) < 4.78 is 0. The Morgan fingerprint density at radius 2 is 2.09 bits per heavy atom. The highest BCUT2D eigenvalue weighted by molar-refractivity contribution is 6.30. The van der Waals surface area contributed by atoms with Gasteiger partial charge in [0.25, 0.3) is 0 Å². The molecule has 6 atom stereocenters.